The van der Waals surface area contributed by atoms with Crippen LogP contribution in [0, 0.1) is 0 Å². The van der Waals surface area contributed by atoms with Gasteiger partial charge in [-0.25, -0.2) is 0 Å². The molecule has 1 aliphatic rings. The van der Waals surface area contributed by atoms with Crippen LogP contribution in [-0.2, 0) is 4.79 Å². The largest absolute Gasteiger partial charge is 0.482 e. The topological polar surface area (TPSA) is 110 Å². The van der Waals surface area contributed by atoms with Gasteiger partial charge in [0.2, 0.25) is 0 Å². The summed E-state index contributed by atoms with van der Waals surface area (Å²) in [6.45, 7) is -0.0263. The molecule has 8 nitrogen and oxygen atoms in total. The van der Waals surface area contributed by atoms with Gasteiger partial charge in [-0.3, -0.25) is 14.4 Å². The summed E-state index contributed by atoms with van der Waals surface area (Å²) in [5, 5.41) is 8.12. The van der Waals surface area contributed by atoms with Gasteiger partial charge in [-0.2, -0.15) is 0 Å². The Kier molecular flexibility index (Phi) is 4.51. The van der Waals surface area contributed by atoms with E-state index in [4.69, 9.17) is 9.15 Å². The number of hydrogen-bond acceptors (Lipinski definition) is 5. The molecule has 140 valence electrons. The summed E-state index contributed by atoms with van der Waals surface area (Å²) in [7, 11) is 0. The number of amides is 3. The van der Waals surface area contributed by atoms with Crippen molar-refractivity contribution in [1.82, 2.24) is 0 Å². The molecule has 2 aromatic carbocycles. The van der Waals surface area contributed by atoms with Crippen molar-refractivity contribution in [2.75, 3.05) is 22.6 Å². The fourth-order valence-electron chi connectivity index (χ4n) is 2.67. The van der Waals surface area contributed by atoms with Crippen LogP contribution >= 0.6 is 0 Å². The van der Waals surface area contributed by atoms with Crippen molar-refractivity contribution in [1.29, 1.82) is 0 Å². The normalized spacial score (nSPS) is 12.4. The molecule has 0 aliphatic carbocycles. The molecule has 0 saturated carbocycles. The molecule has 0 atom stereocenters. The Morgan fingerprint density at radius 3 is 2.43 bits per heavy atom. The van der Waals surface area contributed by atoms with Gasteiger partial charge in [0.05, 0.1) is 12.0 Å². The minimum Gasteiger partial charge on any atom is -0.482 e. The van der Waals surface area contributed by atoms with Crippen LogP contribution in [0.1, 0.15) is 20.9 Å². The Bertz CT molecular complexity index is 1040. The van der Waals surface area contributed by atoms with E-state index in [9.17, 15) is 14.4 Å². The van der Waals surface area contributed by atoms with Crippen LogP contribution in [0.25, 0.3) is 0 Å². The molecule has 8 heteroatoms. The predicted octanol–water partition coefficient (Wildman–Crippen LogP) is 3.12. The van der Waals surface area contributed by atoms with Crippen molar-refractivity contribution in [2.45, 2.75) is 0 Å². The Hall–Kier alpha value is -4.07. The third-order valence-corrected chi connectivity index (χ3v) is 4.02. The first kappa shape index (κ1) is 17.3. The average molecular weight is 377 g/mol. The molecule has 3 aromatic rings. The molecule has 0 fully saturated rings. The lowest BCUT2D eigenvalue weighted by atomic mass is 10.1. The number of nitrogens with one attached hydrogen (secondary N) is 3. The minimum absolute atomic E-state index is 0.0263. The van der Waals surface area contributed by atoms with Crippen LogP contribution in [-0.4, -0.2) is 24.3 Å². The lowest BCUT2D eigenvalue weighted by Crippen LogP contribution is -2.25. The van der Waals surface area contributed by atoms with Crippen LogP contribution in [0.3, 0.4) is 0 Å². The lowest BCUT2D eigenvalue weighted by Gasteiger charge is -2.18. The monoisotopic (exact) mass is 377 g/mol. The molecule has 3 amide bonds. The average Bonchev–Trinajstić information content (AvgIpc) is 3.23. The number of hydrogen-bond donors (Lipinski definition) is 3. The predicted molar refractivity (Wildman–Crippen MR) is 102 cm³/mol. The van der Waals surface area contributed by atoms with Gasteiger partial charge in [0.25, 0.3) is 17.7 Å². The molecule has 1 aromatic heterocycles. The maximum absolute atomic E-state index is 12.4. The van der Waals surface area contributed by atoms with E-state index >= 15 is 0 Å². The molecular weight excluding hydrogens is 362 g/mol. The zero-order valence-corrected chi connectivity index (χ0v) is 14.5. The Morgan fingerprint density at radius 1 is 0.929 bits per heavy atom. The van der Waals surface area contributed by atoms with E-state index in [2.05, 4.69) is 16.0 Å². The van der Waals surface area contributed by atoms with Gasteiger partial charge in [0.1, 0.15) is 5.75 Å². The number of rotatable bonds is 4. The van der Waals surface area contributed by atoms with E-state index in [0.29, 0.717) is 28.4 Å². The number of carbonyl (C=O) groups excluding carboxylic acids is 3. The zero-order chi connectivity index (χ0) is 19.5. The van der Waals surface area contributed by atoms with Gasteiger partial charge in [0.15, 0.2) is 12.4 Å². The van der Waals surface area contributed by atoms with Gasteiger partial charge in [0, 0.05) is 16.9 Å². The summed E-state index contributed by atoms with van der Waals surface area (Å²) in [6.07, 6.45) is 1.42. The van der Waals surface area contributed by atoms with Crippen LogP contribution in [0.4, 0.5) is 17.1 Å². The quantitative estimate of drug-likeness (QED) is 0.647. The first-order valence-corrected chi connectivity index (χ1v) is 8.41. The van der Waals surface area contributed by atoms with Crippen molar-refractivity contribution in [2.24, 2.45) is 0 Å². The molecule has 3 N–H and O–H groups in total. The molecule has 0 spiro atoms. The first-order valence-electron chi connectivity index (χ1n) is 8.41. The third kappa shape index (κ3) is 3.70. The van der Waals surface area contributed by atoms with Gasteiger partial charge >= 0.3 is 0 Å². The van der Waals surface area contributed by atoms with Gasteiger partial charge in [-0.15, -0.1) is 0 Å². The molecule has 1 aliphatic heterocycles. The number of benzene rings is 2. The van der Waals surface area contributed by atoms with E-state index in [0.717, 1.165) is 0 Å². The highest BCUT2D eigenvalue weighted by Gasteiger charge is 2.17. The first-order chi connectivity index (χ1) is 13.6. The maximum atomic E-state index is 12.4. The second-order valence-electron chi connectivity index (χ2n) is 6.01. The smallest absolute Gasteiger partial charge is 0.291 e. The summed E-state index contributed by atoms with van der Waals surface area (Å²) >= 11 is 0. The van der Waals surface area contributed by atoms with E-state index in [1.807, 2.05) is 0 Å². The standard InChI is InChI=1S/C20H15N3O5/c24-18-11-28-16-8-7-14(10-15(16)23-18)22-19(25)12-3-5-13(6-4-12)21-20(26)17-2-1-9-27-17/h1-10H,11H2,(H,21,26)(H,22,25)(H,23,24). The highest BCUT2D eigenvalue weighted by Crippen LogP contribution is 2.30. The van der Waals surface area contributed by atoms with Crippen molar-refractivity contribution in [3.63, 3.8) is 0 Å². The molecule has 0 radical (unpaired) electrons. The summed E-state index contributed by atoms with van der Waals surface area (Å²) in [4.78, 5) is 35.8. The Balaban J connectivity index is 1.42. The number of anilines is 3. The number of furan rings is 1. The minimum atomic E-state index is -0.375. The third-order valence-electron chi connectivity index (χ3n) is 4.02. The van der Waals surface area contributed by atoms with E-state index in [1.165, 1.54) is 6.26 Å². The molecule has 0 saturated heterocycles. The van der Waals surface area contributed by atoms with Crippen LogP contribution in [0.15, 0.2) is 65.3 Å². The molecule has 0 unspecified atom stereocenters. The van der Waals surface area contributed by atoms with Gasteiger partial charge < -0.3 is 25.1 Å². The van der Waals surface area contributed by atoms with Crippen molar-refractivity contribution >= 4 is 34.8 Å². The van der Waals surface area contributed by atoms with E-state index < -0.39 is 0 Å². The summed E-state index contributed by atoms with van der Waals surface area (Å²) < 4.78 is 10.3. The second-order valence-corrected chi connectivity index (χ2v) is 6.01. The zero-order valence-electron chi connectivity index (χ0n) is 14.5. The molecule has 28 heavy (non-hydrogen) atoms. The van der Waals surface area contributed by atoms with Crippen LogP contribution in [0.5, 0.6) is 5.75 Å². The Morgan fingerprint density at radius 2 is 1.68 bits per heavy atom. The number of ether oxygens (including phenoxy) is 1. The van der Waals surface area contributed by atoms with Crippen molar-refractivity contribution < 1.29 is 23.5 Å². The van der Waals surface area contributed by atoms with Crippen LogP contribution in [0.2, 0.25) is 0 Å². The Labute approximate surface area is 159 Å². The van der Waals surface area contributed by atoms with Crippen molar-refractivity contribution in [3.8, 4) is 5.75 Å². The highest BCUT2D eigenvalue weighted by atomic mass is 16.5. The number of fused-ring (bicyclic) bond motifs is 1. The fraction of sp³-hybridized carbons (Fsp3) is 0.0500. The molecule has 2 heterocycles. The molecule has 0 bridgehead atoms. The van der Waals surface area contributed by atoms with Crippen molar-refractivity contribution in [3.05, 3.63) is 72.2 Å². The SMILES string of the molecule is O=C1COc2ccc(NC(=O)c3ccc(NC(=O)c4ccco4)cc3)cc2N1. The van der Waals surface area contributed by atoms with E-state index in [1.54, 1.807) is 54.6 Å². The lowest BCUT2D eigenvalue weighted by molar-refractivity contribution is -0.118. The second kappa shape index (κ2) is 7.28. The van der Waals surface area contributed by atoms with E-state index in [-0.39, 0.29) is 30.1 Å². The van der Waals surface area contributed by atoms with Gasteiger partial charge in [-0.1, -0.05) is 0 Å². The van der Waals surface area contributed by atoms with Gasteiger partial charge in [-0.05, 0) is 54.6 Å². The fourth-order valence-corrected chi connectivity index (χ4v) is 2.67. The highest BCUT2D eigenvalue weighted by molar-refractivity contribution is 6.06. The maximum Gasteiger partial charge on any atom is 0.291 e. The number of carbonyl (C=O) groups is 3. The summed E-state index contributed by atoms with van der Waals surface area (Å²) in [6, 6.07) is 14.6. The molecule has 4 rings (SSSR count). The summed E-state index contributed by atoms with van der Waals surface area (Å²) in [5.74, 6) is -0.199. The summed E-state index contributed by atoms with van der Waals surface area (Å²) in [5.41, 5.74) is 1.97. The molecular formula is C20H15N3O5. The van der Waals surface area contributed by atoms with Crippen LogP contribution < -0.4 is 20.7 Å².